The molecule has 2 heterocycles. The van der Waals surface area contributed by atoms with E-state index in [1.165, 1.54) is 5.56 Å². The fourth-order valence-corrected chi connectivity index (χ4v) is 3.10. The highest BCUT2D eigenvalue weighted by Gasteiger charge is 2.16. The van der Waals surface area contributed by atoms with E-state index in [2.05, 4.69) is 12.2 Å². The normalized spacial score (nSPS) is 10.5. The van der Waals surface area contributed by atoms with Crippen LogP contribution in [0, 0.1) is 6.92 Å². The van der Waals surface area contributed by atoms with E-state index in [1.807, 2.05) is 53.9 Å². The summed E-state index contributed by atoms with van der Waals surface area (Å²) in [5, 5.41) is 5.01. The van der Waals surface area contributed by atoms with Crippen LogP contribution in [0.15, 0.2) is 64.6 Å². The van der Waals surface area contributed by atoms with Gasteiger partial charge in [-0.05, 0) is 36.1 Å². The molecule has 1 N–H and O–H groups in total. The van der Waals surface area contributed by atoms with Gasteiger partial charge in [-0.3, -0.25) is 0 Å². The summed E-state index contributed by atoms with van der Waals surface area (Å²) in [4.78, 5) is 15.5. The van der Waals surface area contributed by atoms with Gasteiger partial charge in [-0.1, -0.05) is 35.9 Å². The van der Waals surface area contributed by atoms with Crippen molar-refractivity contribution >= 4 is 17.4 Å². The zero-order valence-electron chi connectivity index (χ0n) is 13.6. The lowest BCUT2D eigenvalue weighted by Gasteiger charge is -2.21. The number of carbonyl (C=O) groups is 1. The molecule has 0 aliphatic heterocycles. The first-order valence-electron chi connectivity index (χ1n) is 7.84. The minimum Gasteiger partial charge on any atom is -0.467 e. The second kappa shape index (κ2) is 7.84. The lowest BCUT2D eigenvalue weighted by atomic mass is 10.1. The summed E-state index contributed by atoms with van der Waals surface area (Å²) in [6, 6.07) is 15.8. The van der Waals surface area contributed by atoms with Gasteiger partial charge in [0.25, 0.3) is 0 Å². The molecular formula is C19H20N2O2S. The molecule has 0 aliphatic carbocycles. The lowest BCUT2D eigenvalue weighted by Crippen LogP contribution is -2.38. The van der Waals surface area contributed by atoms with Gasteiger partial charge in [-0.2, -0.15) is 0 Å². The first kappa shape index (κ1) is 16.3. The summed E-state index contributed by atoms with van der Waals surface area (Å²) in [7, 11) is 0. The zero-order chi connectivity index (χ0) is 16.8. The van der Waals surface area contributed by atoms with E-state index in [4.69, 9.17) is 4.42 Å². The third-order valence-electron chi connectivity index (χ3n) is 3.71. The highest BCUT2D eigenvalue weighted by Crippen LogP contribution is 2.15. The van der Waals surface area contributed by atoms with Gasteiger partial charge in [0.2, 0.25) is 0 Å². The Morgan fingerprint density at radius 2 is 1.96 bits per heavy atom. The van der Waals surface area contributed by atoms with Crippen LogP contribution in [0.1, 0.15) is 21.8 Å². The maximum atomic E-state index is 12.6. The first-order chi connectivity index (χ1) is 11.7. The molecular weight excluding hydrogens is 320 g/mol. The standard InChI is InChI=1S/C19H20N2O2S/c1-15-6-8-16(9-7-15)12-20-19(22)21(13-17-4-2-10-23-17)14-18-5-3-11-24-18/h2-11H,12-14H2,1H3,(H,20,22). The minimum atomic E-state index is -0.0969. The van der Waals surface area contributed by atoms with Crippen LogP contribution in [0.25, 0.3) is 0 Å². The average Bonchev–Trinajstić information content (AvgIpc) is 3.27. The molecule has 3 aromatic rings. The van der Waals surface area contributed by atoms with E-state index in [1.54, 1.807) is 22.5 Å². The SMILES string of the molecule is Cc1ccc(CNC(=O)N(Cc2ccco2)Cc2cccs2)cc1. The maximum Gasteiger partial charge on any atom is 0.318 e. The number of hydrogen-bond acceptors (Lipinski definition) is 3. The number of rotatable bonds is 6. The molecule has 3 rings (SSSR count). The van der Waals surface area contributed by atoms with Crippen LogP contribution in [0.3, 0.4) is 0 Å². The summed E-state index contributed by atoms with van der Waals surface area (Å²) in [5.41, 5.74) is 2.30. The van der Waals surface area contributed by atoms with Gasteiger partial charge in [-0.15, -0.1) is 11.3 Å². The largest absolute Gasteiger partial charge is 0.467 e. The number of thiophene rings is 1. The van der Waals surface area contributed by atoms with E-state index in [0.29, 0.717) is 19.6 Å². The van der Waals surface area contributed by atoms with Crippen LogP contribution < -0.4 is 5.32 Å². The molecule has 4 nitrogen and oxygen atoms in total. The smallest absolute Gasteiger partial charge is 0.318 e. The minimum absolute atomic E-state index is 0.0969. The molecule has 0 spiro atoms. The molecule has 0 radical (unpaired) electrons. The molecule has 124 valence electrons. The molecule has 2 aromatic heterocycles. The van der Waals surface area contributed by atoms with E-state index in [0.717, 1.165) is 16.2 Å². The monoisotopic (exact) mass is 340 g/mol. The fraction of sp³-hybridized carbons (Fsp3) is 0.211. The third kappa shape index (κ3) is 4.49. The average molecular weight is 340 g/mol. The van der Waals surface area contributed by atoms with Crippen LogP contribution in [-0.2, 0) is 19.6 Å². The number of hydrogen-bond donors (Lipinski definition) is 1. The van der Waals surface area contributed by atoms with Crippen molar-refractivity contribution in [2.45, 2.75) is 26.6 Å². The van der Waals surface area contributed by atoms with Gasteiger partial charge in [0, 0.05) is 11.4 Å². The van der Waals surface area contributed by atoms with Gasteiger partial charge < -0.3 is 14.6 Å². The Bertz CT molecular complexity index is 713. The van der Waals surface area contributed by atoms with Crippen LogP contribution in [-0.4, -0.2) is 10.9 Å². The molecule has 0 fully saturated rings. The van der Waals surface area contributed by atoms with Gasteiger partial charge in [0.1, 0.15) is 5.76 Å². The fourth-order valence-electron chi connectivity index (χ4n) is 2.38. The van der Waals surface area contributed by atoms with Crippen LogP contribution in [0.4, 0.5) is 4.79 Å². The molecule has 5 heteroatoms. The second-order valence-corrected chi connectivity index (χ2v) is 6.69. The molecule has 0 saturated heterocycles. The van der Waals surface area contributed by atoms with Gasteiger partial charge in [-0.25, -0.2) is 4.79 Å². The van der Waals surface area contributed by atoms with E-state index >= 15 is 0 Å². The molecule has 0 unspecified atom stereocenters. The Morgan fingerprint density at radius 3 is 2.62 bits per heavy atom. The lowest BCUT2D eigenvalue weighted by molar-refractivity contribution is 0.187. The number of aryl methyl sites for hydroxylation is 1. The van der Waals surface area contributed by atoms with E-state index < -0.39 is 0 Å². The van der Waals surface area contributed by atoms with Crippen molar-refractivity contribution in [3.63, 3.8) is 0 Å². The van der Waals surface area contributed by atoms with Crippen molar-refractivity contribution < 1.29 is 9.21 Å². The number of carbonyl (C=O) groups excluding carboxylic acids is 1. The maximum absolute atomic E-state index is 12.6. The van der Waals surface area contributed by atoms with Gasteiger partial charge in [0.15, 0.2) is 0 Å². The number of furan rings is 1. The quantitative estimate of drug-likeness (QED) is 0.715. The van der Waals surface area contributed by atoms with Crippen molar-refractivity contribution in [3.05, 3.63) is 81.9 Å². The summed E-state index contributed by atoms with van der Waals surface area (Å²) in [5.74, 6) is 0.775. The Kier molecular flexibility index (Phi) is 5.33. The Balaban J connectivity index is 1.64. The van der Waals surface area contributed by atoms with E-state index in [-0.39, 0.29) is 6.03 Å². The number of urea groups is 1. The predicted octanol–water partition coefficient (Wildman–Crippen LogP) is 4.56. The number of benzene rings is 1. The van der Waals surface area contributed by atoms with Gasteiger partial charge >= 0.3 is 6.03 Å². The van der Waals surface area contributed by atoms with Crippen LogP contribution >= 0.6 is 11.3 Å². The molecule has 0 aliphatic rings. The number of nitrogens with zero attached hydrogens (tertiary/aromatic N) is 1. The van der Waals surface area contributed by atoms with Crippen molar-refractivity contribution in [2.24, 2.45) is 0 Å². The van der Waals surface area contributed by atoms with Crippen molar-refractivity contribution in [3.8, 4) is 0 Å². The Labute approximate surface area is 145 Å². The molecule has 1 aromatic carbocycles. The number of amides is 2. The topological polar surface area (TPSA) is 45.5 Å². The third-order valence-corrected chi connectivity index (χ3v) is 4.57. The summed E-state index contributed by atoms with van der Waals surface area (Å²) in [6.45, 7) is 3.58. The van der Waals surface area contributed by atoms with Gasteiger partial charge in [0.05, 0.1) is 19.4 Å². The second-order valence-electron chi connectivity index (χ2n) is 5.66. The first-order valence-corrected chi connectivity index (χ1v) is 8.72. The molecule has 0 saturated carbocycles. The highest BCUT2D eigenvalue weighted by molar-refractivity contribution is 7.09. The van der Waals surface area contributed by atoms with Crippen LogP contribution in [0.5, 0.6) is 0 Å². The predicted molar refractivity (Wildman–Crippen MR) is 95.7 cm³/mol. The molecule has 0 bridgehead atoms. The molecule has 0 atom stereocenters. The zero-order valence-corrected chi connectivity index (χ0v) is 14.4. The highest BCUT2D eigenvalue weighted by atomic mass is 32.1. The Hall–Kier alpha value is -2.53. The number of nitrogens with one attached hydrogen (secondary N) is 1. The Morgan fingerprint density at radius 1 is 1.12 bits per heavy atom. The summed E-state index contributed by atoms with van der Waals surface area (Å²) < 4.78 is 5.39. The summed E-state index contributed by atoms with van der Waals surface area (Å²) in [6.07, 6.45) is 1.63. The van der Waals surface area contributed by atoms with Crippen LogP contribution in [0.2, 0.25) is 0 Å². The van der Waals surface area contributed by atoms with E-state index in [9.17, 15) is 4.79 Å². The molecule has 2 amide bonds. The van der Waals surface area contributed by atoms with Crippen molar-refractivity contribution in [1.29, 1.82) is 0 Å². The molecule has 24 heavy (non-hydrogen) atoms. The van der Waals surface area contributed by atoms with Crippen molar-refractivity contribution in [1.82, 2.24) is 10.2 Å². The van der Waals surface area contributed by atoms with Crippen molar-refractivity contribution in [2.75, 3.05) is 0 Å². The summed E-state index contributed by atoms with van der Waals surface area (Å²) >= 11 is 1.65.